The first kappa shape index (κ1) is 14.6. The van der Waals surface area contributed by atoms with Gasteiger partial charge in [0.15, 0.2) is 0 Å². The van der Waals surface area contributed by atoms with Crippen LogP contribution in [0.4, 0.5) is 5.95 Å². The molecule has 5 heteroatoms. The van der Waals surface area contributed by atoms with Gasteiger partial charge in [0.05, 0.1) is 0 Å². The predicted molar refractivity (Wildman–Crippen MR) is 82.8 cm³/mol. The van der Waals surface area contributed by atoms with Crippen molar-refractivity contribution in [2.24, 2.45) is 0 Å². The molecule has 1 aromatic rings. The van der Waals surface area contributed by atoms with Crippen LogP contribution >= 0.6 is 11.8 Å². The highest BCUT2D eigenvalue weighted by atomic mass is 32.2. The lowest BCUT2D eigenvalue weighted by molar-refractivity contribution is 0.631. The van der Waals surface area contributed by atoms with Crippen LogP contribution in [0.5, 0.6) is 0 Å². The van der Waals surface area contributed by atoms with Crippen molar-refractivity contribution >= 4 is 17.7 Å². The molecule has 0 atom stereocenters. The monoisotopic (exact) mass is 280 g/mol. The molecular weight excluding hydrogens is 256 g/mol. The number of hydrogen-bond acceptors (Lipinski definition) is 5. The summed E-state index contributed by atoms with van der Waals surface area (Å²) in [6, 6.07) is 0. The second kappa shape index (κ2) is 6.57. The summed E-state index contributed by atoms with van der Waals surface area (Å²) in [5, 5.41) is 3.29. The van der Waals surface area contributed by atoms with Crippen LogP contribution in [-0.2, 0) is 6.54 Å². The Morgan fingerprint density at radius 1 is 1.32 bits per heavy atom. The normalized spacial score (nSPS) is 19.2. The van der Waals surface area contributed by atoms with Crippen molar-refractivity contribution in [3.8, 4) is 0 Å². The minimum atomic E-state index is 0.375. The highest BCUT2D eigenvalue weighted by molar-refractivity contribution is 8.00. The zero-order chi connectivity index (χ0) is 13.7. The van der Waals surface area contributed by atoms with Crippen LogP contribution < -0.4 is 10.2 Å². The summed E-state index contributed by atoms with van der Waals surface area (Å²) < 4.78 is 0.375. The van der Waals surface area contributed by atoms with E-state index in [2.05, 4.69) is 41.0 Å². The van der Waals surface area contributed by atoms with Crippen LogP contribution in [0.15, 0.2) is 12.4 Å². The van der Waals surface area contributed by atoms with Crippen molar-refractivity contribution in [1.29, 1.82) is 0 Å². The summed E-state index contributed by atoms with van der Waals surface area (Å²) in [4.78, 5) is 11.3. The molecule has 0 radical (unpaired) electrons. The number of rotatable bonds is 4. The average Bonchev–Trinajstić information content (AvgIpc) is 2.58. The van der Waals surface area contributed by atoms with Crippen LogP contribution in [0.1, 0.15) is 32.8 Å². The molecule has 0 unspecified atom stereocenters. The Kier molecular flexibility index (Phi) is 5.05. The molecule has 0 aliphatic carbocycles. The summed E-state index contributed by atoms with van der Waals surface area (Å²) >= 11 is 2.05. The van der Waals surface area contributed by atoms with Gasteiger partial charge in [-0.05, 0) is 13.0 Å². The molecule has 1 saturated heterocycles. The van der Waals surface area contributed by atoms with E-state index in [0.29, 0.717) is 4.75 Å². The van der Waals surface area contributed by atoms with Gasteiger partial charge in [-0.3, -0.25) is 0 Å². The van der Waals surface area contributed by atoms with Gasteiger partial charge in [-0.2, -0.15) is 11.8 Å². The Morgan fingerprint density at radius 3 is 2.74 bits per heavy atom. The maximum Gasteiger partial charge on any atom is 0.225 e. The van der Waals surface area contributed by atoms with Gasteiger partial charge in [0.1, 0.15) is 0 Å². The molecule has 0 aromatic carbocycles. The molecule has 0 bridgehead atoms. The highest BCUT2D eigenvalue weighted by Crippen LogP contribution is 2.31. The molecule has 2 rings (SSSR count). The Bertz CT molecular complexity index is 391. The fourth-order valence-corrected chi connectivity index (χ4v) is 3.19. The van der Waals surface area contributed by atoms with E-state index < -0.39 is 0 Å². The van der Waals surface area contributed by atoms with E-state index >= 15 is 0 Å². The van der Waals surface area contributed by atoms with Crippen LogP contribution in [0.2, 0.25) is 0 Å². The number of thioether (sulfide) groups is 1. The van der Waals surface area contributed by atoms with Crippen LogP contribution in [0.25, 0.3) is 0 Å². The maximum absolute atomic E-state index is 4.51. The van der Waals surface area contributed by atoms with E-state index in [-0.39, 0.29) is 0 Å². The molecule has 0 saturated carbocycles. The van der Waals surface area contributed by atoms with Crippen molar-refractivity contribution < 1.29 is 0 Å². The number of hydrogen-bond donors (Lipinski definition) is 1. The first-order valence-electron chi connectivity index (χ1n) is 7.01. The van der Waals surface area contributed by atoms with E-state index in [0.717, 1.165) is 43.4 Å². The lowest BCUT2D eigenvalue weighted by Crippen LogP contribution is -2.28. The molecule has 106 valence electrons. The largest absolute Gasteiger partial charge is 0.340 e. The lowest BCUT2D eigenvalue weighted by atomic mass is 10.1. The summed E-state index contributed by atoms with van der Waals surface area (Å²) in [6.07, 6.45) is 5.06. The van der Waals surface area contributed by atoms with Crippen molar-refractivity contribution in [2.75, 3.05) is 30.3 Å². The summed E-state index contributed by atoms with van der Waals surface area (Å²) in [6.45, 7) is 10.7. The molecule has 19 heavy (non-hydrogen) atoms. The zero-order valence-electron chi connectivity index (χ0n) is 12.1. The van der Waals surface area contributed by atoms with E-state index in [1.165, 1.54) is 6.42 Å². The third-order valence-electron chi connectivity index (χ3n) is 3.39. The number of nitrogens with one attached hydrogen (secondary N) is 1. The molecule has 2 heterocycles. The smallest absolute Gasteiger partial charge is 0.225 e. The molecule has 1 fully saturated rings. The second-order valence-electron chi connectivity index (χ2n) is 5.52. The van der Waals surface area contributed by atoms with Gasteiger partial charge in [0.25, 0.3) is 0 Å². The Labute approximate surface area is 120 Å². The van der Waals surface area contributed by atoms with Gasteiger partial charge in [-0.1, -0.05) is 20.8 Å². The molecule has 1 N–H and O–H groups in total. The number of nitrogens with zero attached hydrogens (tertiary/aromatic N) is 3. The maximum atomic E-state index is 4.51. The second-order valence-corrected chi connectivity index (χ2v) is 7.32. The third-order valence-corrected chi connectivity index (χ3v) is 4.76. The molecular formula is C14H24N4S. The number of aromatic nitrogens is 2. The van der Waals surface area contributed by atoms with E-state index in [1.807, 2.05) is 24.2 Å². The molecule has 1 aliphatic rings. The fourth-order valence-electron chi connectivity index (χ4n) is 2.09. The molecule has 4 nitrogen and oxygen atoms in total. The summed E-state index contributed by atoms with van der Waals surface area (Å²) in [7, 11) is 0. The van der Waals surface area contributed by atoms with Gasteiger partial charge in [0.2, 0.25) is 5.95 Å². The van der Waals surface area contributed by atoms with Crippen molar-refractivity contribution in [3.05, 3.63) is 18.0 Å². The zero-order valence-corrected chi connectivity index (χ0v) is 13.0. The lowest BCUT2D eigenvalue weighted by Gasteiger charge is -2.22. The van der Waals surface area contributed by atoms with Gasteiger partial charge in [-0.15, -0.1) is 0 Å². The van der Waals surface area contributed by atoms with Crippen molar-refractivity contribution in [3.63, 3.8) is 0 Å². The van der Waals surface area contributed by atoms with Gasteiger partial charge >= 0.3 is 0 Å². The molecule has 1 aliphatic heterocycles. The van der Waals surface area contributed by atoms with E-state index in [9.17, 15) is 0 Å². The van der Waals surface area contributed by atoms with Crippen LogP contribution in [0.3, 0.4) is 0 Å². The summed E-state index contributed by atoms with van der Waals surface area (Å²) in [5.74, 6) is 2.02. The first-order valence-corrected chi connectivity index (χ1v) is 8.00. The molecule has 0 amide bonds. The van der Waals surface area contributed by atoms with Crippen molar-refractivity contribution in [2.45, 2.75) is 38.5 Å². The first-order chi connectivity index (χ1) is 9.11. The fraction of sp³-hybridized carbons (Fsp3) is 0.714. The Morgan fingerprint density at radius 2 is 2.05 bits per heavy atom. The third kappa shape index (κ3) is 4.35. The van der Waals surface area contributed by atoms with Gasteiger partial charge in [0, 0.05) is 48.1 Å². The minimum Gasteiger partial charge on any atom is -0.340 e. The Hall–Kier alpha value is -0.810. The topological polar surface area (TPSA) is 41.1 Å². The standard InChI is InChI=1S/C14H24N4S/c1-4-15-9-12-10-16-13(17-11-12)18-6-5-14(2,3)19-8-7-18/h10-11,15H,4-9H2,1-3H3. The van der Waals surface area contributed by atoms with Crippen molar-refractivity contribution in [1.82, 2.24) is 15.3 Å². The van der Waals surface area contributed by atoms with Crippen LogP contribution in [-0.4, -0.2) is 40.1 Å². The van der Waals surface area contributed by atoms with Gasteiger partial charge < -0.3 is 10.2 Å². The van der Waals surface area contributed by atoms with Crippen LogP contribution in [0, 0.1) is 0 Å². The SMILES string of the molecule is CCNCc1cnc(N2CCSC(C)(C)CC2)nc1. The average molecular weight is 280 g/mol. The van der Waals surface area contributed by atoms with Gasteiger partial charge in [-0.25, -0.2) is 9.97 Å². The molecule has 0 spiro atoms. The predicted octanol–water partition coefficient (Wildman–Crippen LogP) is 2.31. The Balaban J connectivity index is 1.97. The molecule has 1 aromatic heterocycles. The van der Waals surface area contributed by atoms with E-state index in [1.54, 1.807) is 0 Å². The minimum absolute atomic E-state index is 0.375. The van der Waals surface area contributed by atoms with E-state index in [4.69, 9.17) is 0 Å². The quantitative estimate of drug-likeness (QED) is 0.916. The summed E-state index contributed by atoms with van der Waals surface area (Å²) in [5.41, 5.74) is 1.15. The number of anilines is 1. The highest BCUT2D eigenvalue weighted by Gasteiger charge is 2.24.